The molecule has 0 saturated carbocycles. The minimum absolute atomic E-state index is 0.0147. The van der Waals surface area contributed by atoms with E-state index in [9.17, 15) is 14.3 Å². The molecule has 158 valence electrons. The Bertz CT molecular complexity index is 1240. The van der Waals surface area contributed by atoms with Crippen LogP contribution in [0.15, 0.2) is 77.6 Å². The van der Waals surface area contributed by atoms with Gasteiger partial charge in [-0.15, -0.1) is 0 Å². The molecule has 0 amide bonds. The summed E-state index contributed by atoms with van der Waals surface area (Å²) in [6.45, 7) is -0.0623. The lowest BCUT2D eigenvalue weighted by atomic mass is 10.1. The SMILES string of the molecule is COc1ccc(OCC(O)Cn2nc(-c3ccc(F)cc3)c3ccccc3c2=O)cc1. The van der Waals surface area contributed by atoms with Gasteiger partial charge in [0.25, 0.3) is 5.56 Å². The largest absolute Gasteiger partial charge is 0.497 e. The average Bonchev–Trinajstić information content (AvgIpc) is 2.80. The van der Waals surface area contributed by atoms with E-state index in [1.165, 1.54) is 16.8 Å². The number of aromatic nitrogens is 2. The molecule has 0 fully saturated rings. The summed E-state index contributed by atoms with van der Waals surface area (Å²) in [5.41, 5.74) is 0.902. The number of aliphatic hydroxyl groups is 1. The van der Waals surface area contributed by atoms with Gasteiger partial charge in [-0.05, 0) is 54.6 Å². The Morgan fingerprint density at radius 1 is 0.968 bits per heavy atom. The second kappa shape index (κ2) is 8.97. The Labute approximate surface area is 178 Å². The van der Waals surface area contributed by atoms with Gasteiger partial charge in [-0.25, -0.2) is 9.07 Å². The molecule has 4 aromatic rings. The first kappa shape index (κ1) is 20.6. The van der Waals surface area contributed by atoms with Crippen molar-refractivity contribution in [1.29, 1.82) is 0 Å². The molecule has 1 heterocycles. The topological polar surface area (TPSA) is 73.6 Å². The summed E-state index contributed by atoms with van der Waals surface area (Å²) in [6, 6.07) is 20.0. The Balaban J connectivity index is 1.60. The van der Waals surface area contributed by atoms with Crippen molar-refractivity contribution in [1.82, 2.24) is 9.78 Å². The van der Waals surface area contributed by atoms with Crippen LogP contribution in [0.5, 0.6) is 11.5 Å². The Hall–Kier alpha value is -3.71. The number of aliphatic hydroxyl groups excluding tert-OH is 1. The number of methoxy groups -OCH3 is 1. The molecule has 0 spiro atoms. The summed E-state index contributed by atoms with van der Waals surface area (Å²) < 4.78 is 25.3. The molecule has 1 atom stereocenters. The zero-order valence-electron chi connectivity index (χ0n) is 16.9. The Morgan fingerprint density at radius 3 is 2.29 bits per heavy atom. The van der Waals surface area contributed by atoms with E-state index in [0.29, 0.717) is 33.5 Å². The van der Waals surface area contributed by atoms with E-state index in [1.807, 2.05) is 6.07 Å². The molecule has 1 unspecified atom stereocenters. The molecule has 6 nitrogen and oxygen atoms in total. The first-order valence-corrected chi connectivity index (χ1v) is 9.76. The number of nitrogens with zero attached hydrogens (tertiary/aromatic N) is 2. The van der Waals surface area contributed by atoms with E-state index < -0.39 is 6.10 Å². The smallest absolute Gasteiger partial charge is 0.274 e. The first-order chi connectivity index (χ1) is 15.0. The Morgan fingerprint density at radius 2 is 1.61 bits per heavy atom. The molecular formula is C24H21FN2O4. The van der Waals surface area contributed by atoms with Crippen LogP contribution in [0.4, 0.5) is 4.39 Å². The van der Waals surface area contributed by atoms with E-state index in [0.717, 1.165) is 0 Å². The van der Waals surface area contributed by atoms with Gasteiger partial charge in [0, 0.05) is 10.9 Å². The summed E-state index contributed by atoms with van der Waals surface area (Å²) in [6.07, 6.45) is -0.963. The minimum atomic E-state index is -0.963. The van der Waals surface area contributed by atoms with Gasteiger partial charge in [0.05, 0.1) is 24.7 Å². The zero-order chi connectivity index (χ0) is 21.8. The van der Waals surface area contributed by atoms with E-state index in [-0.39, 0.29) is 24.5 Å². The van der Waals surface area contributed by atoms with Gasteiger partial charge in [-0.2, -0.15) is 5.10 Å². The summed E-state index contributed by atoms with van der Waals surface area (Å²) >= 11 is 0. The van der Waals surface area contributed by atoms with Gasteiger partial charge in [-0.1, -0.05) is 18.2 Å². The zero-order valence-corrected chi connectivity index (χ0v) is 16.9. The number of hydrogen-bond acceptors (Lipinski definition) is 5. The van der Waals surface area contributed by atoms with Crippen LogP contribution in [0.3, 0.4) is 0 Å². The molecule has 0 radical (unpaired) electrons. The van der Waals surface area contributed by atoms with E-state index in [1.54, 1.807) is 61.7 Å². The highest BCUT2D eigenvalue weighted by molar-refractivity contribution is 5.93. The number of fused-ring (bicyclic) bond motifs is 1. The Kier molecular flexibility index (Phi) is 5.95. The summed E-state index contributed by atoms with van der Waals surface area (Å²) in [7, 11) is 1.58. The van der Waals surface area contributed by atoms with Crippen molar-refractivity contribution in [3.63, 3.8) is 0 Å². The third-order valence-corrected chi connectivity index (χ3v) is 4.87. The fourth-order valence-corrected chi connectivity index (χ4v) is 3.30. The summed E-state index contributed by atoms with van der Waals surface area (Å²) in [5, 5.41) is 16.1. The van der Waals surface area contributed by atoms with Crippen LogP contribution in [0.25, 0.3) is 22.0 Å². The van der Waals surface area contributed by atoms with Gasteiger partial charge in [0.2, 0.25) is 0 Å². The maximum absolute atomic E-state index is 13.4. The molecule has 1 N–H and O–H groups in total. The normalized spacial score (nSPS) is 12.0. The summed E-state index contributed by atoms with van der Waals surface area (Å²) in [4.78, 5) is 12.9. The number of benzene rings is 3. The number of rotatable bonds is 7. The lowest BCUT2D eigenvalue weighted by Crippen LogP contribution is -2.32. The molecule has 0 aliphatic heterocycles. The molecule has 3 aromatic carbocycles. The molecule has 31 heavy (non-hydrogen) atoms. The average molecular weight is 420 g/mol. The molecule has 0 bridgehead atoms. The predicted octanol–water partition coefficient (Wildman–Crippen LogP) is 3.65. The second-order valence-electron chi connectivity index (χ2n) is 7.03. The molecule has 1 aromatic heterocycles. The molecular weight excluding hydrogens is 399 g/mol. The highest BCUT2D eigenvalue weighted by Crippen LogP contribution is 2.25. The highest BCUT2D eigenvalue weighted by Gasteiger charge is 2.15. The maximum atomic E-state index is 13.4. The van der Waals surface area contributed by atoms with Crippen molar-refractivity contribution in [3.05, 3.63) is 89.0 Å². The van der Waals surface area contributed by atoms with Crippen molar-refractivity contribution >= 4 is 10.8 Å². The molecule has 0 aliphatic carbocycles. The van der Waals surface area contributed by atoms with Crippen LogP contribution in [0, 0.1) is 5.82 Å². The lowest BCUT2D eigenvalue weighted by Gasteiger charge is -2.15. The van der Waals surface area contributed by atoms with Crippen LogP contribution in [0.2, 0.25) is 0 Å². The summed E-state index contributed by atoms with van der Waals surface area (Å²) in [5.74, 6) is 0.922. The van der Waals surface area contributed by atoms with Gasteiger partial charge in [-0.3, -0.25) is 4.79 Å². The van der Waals surface area contributed by atoms with Gasteiger partial charge in [0.1, 0.15) is 30.0 Å². The first-order valence-electron chi connectivity index (χ1n) is 9.76. The molecule has 7 heteroatoms. The van der Waals surface area contributed by atoms with Crippen LogP contribution in [-0.2, 0) is 6.54 Å². The number of ether oxygens (including phenoxy) is 2. The number of halogens is 1. The quantitative estimate of drug-likeness (QED) is 0.494. The van der Waals surface area contributed by atoms with Gasteiger partial charge >= 0.3 is 0 Å². The lowest BCUT2D eigenvalue weighted by molar-refractivity contribution is 0.0882. The third-order valence-electron chi connectivity index (χ3n) is 4.87. The number of hydrogen-bond donors (Lipinski definition) is 1. The van der Waals surface area contributed by atoms with Gasteiger partial charge < -0.3 is 14.6 Å². The second-order valence-corrected chi connectivity index (χ2v) is 7.03. The fraction of sp³-hybridized carbons (Fsp3) is 0.167. The third kappa shape index (κ3) is 4.57. The monoisotopic (exact) mass is 420 g/mol. The van der Waals surface area contributed by atoms with Crippen LogP contribution in [0.1, 0.15) is 0 Å². The maximum Gasteiger partial charge on any atom is 0.274 e. The van der Waals surface area contributed by atoms with E-state index in [2.05, 4.69) is 5.10 Å². The van der Waals surface area contributed by atoms with E-state index >= 15 is 0 Å². The highest BCUT2D eigenvalue weighted by atomic mass is 19.1. The molecule has 0 saturated heterocycles. The van der Waals surface area contributed by atoms with E-state index in [4.69, 9.17) is 9.47 Å². The van der Waals surface area contributed by atoms with Crippen LogP contribution in [-0.4, -0.2) is 34.7 Å². The van der Waals surface area contributed by atoms with Crippen molar-refractivity contribution in [3.8, 4) is 22.8 Å². The fourth-order valence-electron chi connectivity index (χ4n) is 3.30. The van der Waals surface area contributed by atoms with Crippen LogP contribution >= 0.6 is 0 Å². The minimum Gasteiger partial charge on any atom is -0.497 e. The molecule has 4 rings (SSSR count). The van der Waals surface area contributed by atoms with Gasteiger partial charge in [0.15, 0.2) is 0 Å². The van der Waals surface area contributed by atoms with Crippen molar-refractivity contribution in [2.45, 2.75) is 12.6 Å². The van der Waals surface area contributed by atoms with Crippen molar-refractivity contribution < 1.29 is 19.0 Å². The predicted molar refractivity (Wildman–Crippen MR) is 116 cm³/mol. The standard InChI is InChI=1S/C24H21FN2O4/c1-30-19-10-12-20(13-11-19)31-15-18(28)14-27-24(29)22-5-3-2-4-21(22)23(26-27)16-6-8-17(25)9-7-16/h2-13,18,28H,14-15H2,1H3. The van der Waals surface area contributed by atoms with Crippen molar-refractivity contribution in [2.75, 3.05) is 13.7 Å². The molecule has 0 aliphatic rings. The van der Waals surface area contributed by atoms with Crippen LogP contribution < -0.4 is 15.0 Å². The van der Waals surface area contributed by atoms with Crippen molar-refractivity contribution in [2.24, 2.45) is 0 Å².